The number of nitrogens with two attached hydrogens (primary N) is 1. The first kappa shape index (κ1) is 22.8. The Kier molecular flexibility index (Phi) is 7.59. The van der Waals surface area contributed by atoms with Crippen molar-refractivity contribution in [1.82, 2.24) is 9.62 Å². The lowest BCUT2D eigenvalue weighted by molar-refractivity contribution is -0.133. The number of sulfonamides is 1. The van der Waals surface area contributed by atoms with Crippen LogP contribution in [0, 0.1) is 17.2 Å². The van der Waals surface area contributed by atoms with Crippen LogP contribution in [0.3, 0.4) is 0 Å². The van der Waals surface area contributed by atoms with Crippen LogP contribution >= 0.6 is 12.4 Å². The fourth-order valence-electron chi connectivity index (χ4n) is 2.94. The van der Waals surface area contributed by atoms with E-state index in [0.29, 0.717) is 19.6 Å². The Morgan fingerprint density at radius 2 is 2.00 bits per heavy atom. The number of hydrogen-bond donors (Lipinski definition) is 2. The second-order valence-corrected chi connectivity index (χ2v) is 8.98. The molecule has 1 aromatic carbocycles. The summed E-state index contributed by atoms with van der Waals surface area (Å²) < 4.78 is 41.3. The van der Waals surface area contributed by atoms with E-state index in [2.05, 4.69) is 4.72 Å². The van der Waals surface area contributed by atoms with E-state index >= 15 is 0 Å². The van der Waals surface area contributed by atoms with Gasteiger partial charge in [0.2, 0.25) is 15.9 Å². The summed E-state index contributed by atoms with van der Waals surface area (Å²) in [5.41, 5.74) is 5.62. The van der Waals surface area contributed by atoms with Crippen LogP contribution in [0.4, 0.5) is 4.39 Å². The van der Waals surface area contributed by atoms with Crippen molar-refractivity contribution < 1.29 is 17.6 Å². The van der Waals surface area contributed by atoms with Gasteiger partial charge < -0.3 is 10.6 Å². The molecular formula is C17H27ClFN3O3S. The zero-order valence-electron chi connectivity index (χ0n) is 15.2. The number of rotatable bonds is 6. The highest BCUT2D eigenvalue weighted by Crippen LogP contribution is 2.29. The molecule has 26 heavy (non-hydrogen) atoms. The van der Waals surface area contributed by atoms with Crippen molar-refractivity contribution in [2.45, 2.75) is 38.1 Å². The van der Waals surface area contributed by atoms with Gasteiger partial charge in [0.25, 0.3) is 0 Å². The largest absolute Gasteiger partial charge is 0.341 e. The second-order valence-electron chi connectivity index (χ2n) is 7.30. The van der Waals surface area contributed by atoms with Crippen LogP contribution in [0.15, 0.2) is 29.2 Å². The van der Waals surface area contributed by atoms with Crippen LogP contribution < -0.4 is 10.5 Å². The molecule has 3 N–H and O–H groups in total. The van der Waals surface area contributed by atoms with Gasteiger partial charge in [-0.15, -0.1) is 12.4 Å². The molecule has 0 spiro atoms. The van der Waals surface area contributed by atoms with E-state index in [0.717, 1.165) is 12.5 Å². The molecule has 9 heteroatoms. The van der Waals surface area contributed by atoms with Gasteiger partial charge >= 0.3 is 0 Å². The van der Waals surface area contributed by atoms with Gasteiger partial charge in [0.15, 0.2) is 0 Å². The maximum absolute atomic E-state index is 13.9. The van der Waals surface area contributed by atoms with Crippen molar-refractivity contribution >= 4 is 28.3 Å². The first-order valence-corrected chi connectivity index (χ1v) is 9.84. The van der Waals surface area contributed by atoms with Gasteiger partial charge in [-0.1, -0.05) is 32.9 Å². The summed E-state index contributed by atoms with van der Waals surface area (Å²) in [7, 11) is -4.14. The first-order chi connectivity index (χ1) is 11.6. The number of hydrogen-bond acceptors (Lipinski definition) is 4. The Morgan fingerprint density at radius 1 is 1.38 bits per heavy atom. The van der Waals surface area contributed by atoms with E-state index in [-0.39, 0.29) is 29.6 Å². The summed E-state index contributed by atoms with van der Waals surface area (Å²) in [5.74, 6) is -1.42. The zero-order valence-corrected chi connectivity index (χ0v) is 16.9. The minimum absolute atomic E-state index is 0. The lowest BCUT2D eigenvalue weighted by Crippen LogP contribution is -2.51. The maximum atomic E-state index is 13.9. The van der Waals surface area contributed by atoms with Gasteiger partial charge in [-0.05, 0) is 36.4 Å². The van der Waals surface area contributed by atoms with E-state index in [1.165, 1.54) is 18.2 Å². The number of likely N-dealkylation sites (tertiary alicyclic amines) is 1. The van der Waals surface area contributed by atoms with Crippen LogP contribution in [0.5, 0.6) is 0 Å². The Bertz CT molecular complexity index is 745. The average Bonchev–Trinajstić information content (AvgIpc) is 2.95. The maximum Gasteiger partial charge on any atom is 0.244 e. The second kappa shape index (κ2) is 8.65. The van der Waals surface area contributed by atoms with Gasteiger partial charge in [0, 0.05) is 13.1 Å². The van der Waals surface area contributed by atoms with E-state index in [1.807, 2.05) is 6.92 Å². The predicted octanol–water partition coefficient (Wildman–Crippen LogP) is 1.75. The number of nitrogens with zero attached hydrogens (tertiary/aromatic N) is 1. The molecule has 1 saturated heterocycles. The number of halogens is 2. The standard InChI is InChI=1S/C17H26FN3O3S.ClH/c1-12(2)15(16(22)21-9-8-17(3,10-19)11-21)20-25(23,24)14-7-5-4-6-13(14)18;/h4-7,12,15,20H,8-11,19H2,1-3H3;1H. The number of nitrogens with one attached hydrogen (secondary N) is 1. The summed E-state index contributed by atoms with van der Waals surface area (Å²) in [6, 6.07) is 4.16. The molecular weight excluding hydrogens is 381 g/mol. The van der Waals surface area contributed by atoms with Gasteiger partial charge in [0.1, 0.15) is 16.8 Å². The van der Waals surface area contributed by atoms with Crippen LogP contribution in [-0.2, 0) is 14.8 Å². The molecule has 1 amide bonds. The van der Waals surface area contributed by atoms with Crippen molar-refractivity contribution in [3.8, 4) is 0 Å². The van der Waals surface area contributed by atoms with Crippen LogP contribution in [0.25, 0.3) is 0 Å². The molecule has 2 rings (SSSR count). The highest BCUT2D eigenvalue weighted by Gasteiger charge is 2.39. The molecule has 1 aromatic rings. The highest BCUT2D eigenvalue weighted by atomic mass is 35.5. The Balaban J connectivity index is 0.00000338. The number of carbonyl (C=O) groups is 1. The van der Waals surface area contributed by atoms with Crippen LogP contribution in [0.2, 0.25) is 0 Å². The molecule has 1 aliphatic rings. The molecule has 1 heterocycles. The van der Waals surface area contributed by atoms with Crippen molar-refractivity contribution in [2.75, 3.05) is 19.6 Å². The smallest absolute Gasteiger partial charge is 0.244 e. The fourth-order valence-corrected chi connectivity index (χ4v) is 4.36. The Labute approximate surface area is 160 Å². The first-order valence-electron chi connectivity index (χ1n) is 8.35. The summed E-state index contributed by atoms with van der Waals surface area (Å²) in [4.78, 5) is 14.0. The zero-order chi connectivity index (χ0) is 18.8. The van der Waals surface area contributed by atoms with Crippen molar-refractivity contribution in [2.24, 2.45) is 17.1 Å². The summed E-state index contributed by atoms with van der Waals surface area (Å²) in [6.45, 7) is 7.01. The predicted molar refractivity (Wildman–Crippen MR) is 101 cm³/mol. The summed E-state index contributed by atoms with van der Waals surface area (Å²) >= 11 is 0. The van der Waals surface area contributed by atoms with Crippen molar-refractivity contribution in [3.05, 3.63) is 30.1 Å². The average molecular weight is 408 g/mol. The molecule has 0 aliphatic carbocycles. The fraction of sp³-hybridized carbons (Fsp3) is 0.588. The third kappa shape index (κ3) is 4.94. The quantitative estimate of drug-likeness (QED) is 0.751. The molecule has 0 saturated carbocycles. The van der Waals surface area contributed by atoms with E-state index in [1.54, 1.807) is 18.7 Å². The lowest BCUT2D eigenvalue weighted by Gasteiger charge is -2.28. The Morgan fingerprint density at radius 3 is 2.50 bits per heavy atom. The van der Waals surface area contributed by atoms with Crippen molar-refractivity contribution in [1.29, 1.82) is 0 Å². The van der Waals surface area contributed by atoms with Gasteiger partial charge in [-0.25, -0.2) is 12.8 Å². The van der Waals surface area contributed by atoms with Crippen LogP contribution in [0.1, 0.15) is 27.2 Å². The van der Waals surface area contributed by atoms with Gasteiger partial charge in [0.05, 0.1) is 0 Å². The van der Waals surface area contributed by atoms with Gasteiger partial charge in [-0.2, -0.15) is 4.72 Å². The summed E-state index contributed by atoms with van der Waals surface area (Å²) in [5, 5.41) is 0. The normalized spacial score (nSPS) is 21.5. The molecule has 6 nitrogen and oxygen atoms in total. The van der Waals surface area contributed by atoms with E-state index < -0.39 is 26.8 Å². The third-order valence-electron chi connectivity index (χ3n) is 4.70. The molecule has 1 aliphatic heterocycles. The number of carbonyl (C=O) groups excluding carboxylic acids is 1. The third-order valence-corrected chi connectivity index (χ3v) is 6.18. The monoisotopic (exact) mass is 407 g/mol. The molecule has 0 bridgehead atoms. The molecule has 2 unspecified atom stereocenters. The SMILES string of the molecule is CC(C)C(NS(=O)(=O)c1ccccc1F)C(=O)N1CCC(C)(CN)C1.Cl. The van der Waals surface area contributed by atoms with E-state index in [4.69, 9.17) is 5.73 Å². The minimum atomic E-state index is -4.14. The lowest BCUT2D eigenvalue weighted by atomic mass is 9.90. The molecule has 0 radical (unpaired) electrons. The summed E-state index contributed by atoms with van der Waals surface area (Å²) in [6.07, 6.45) is 0.778. The van der Waals surface area contributed by atoms with E-state index in [9.17, 15) is 17.6 Å². The number of amides is 1. The number of benzene rings is 1. The Hall–Kier alpha value is -1.22. The molecule has 0 aromatic heterocycles. The minimum Gasteiger partial charge on any atom is -0.341 e. The van der Waals surface area contributed by atoms with Crippen molar-refractivity contribution in [3.63, 3.8) is 0 Å². The topological polar surface area (TPSA) is 92.5 Å². The molecule has 2 atom stereocenters. The molecule has 1 fully saturated rings. The van der Waals surface area contributed by atoms with Gasteiger partial charge in [-0.3, -0.25) is 4.79 Å². The van der Waals surface area contributed by atoms with Crippen LogP contribution in [-0.4, -0.2) is 44.9 Å². The molecule has 148 valence electrons. The highest BCUT2D eigenvalue weighted by molar-refractivity contribution is 7.89.